The molecule has 1 N–H and O–H groups in total. The van der Waals surface area contributed by atoms with Gasteiger partial charge in [-0.05, 0) is 42.6 Å². The molecule has 0 spiro atoms. The molecule has 0 bridgehead atoms. The Labute approximate surface area is 180 Å². The second-order valence-corrected chi connectivity index (χ2v) is 8.09. The van der Waals surface area contributed by atoms with Crippen molar-refractivity contribution in [2.24, 2.45) is 0 Å². The number of rotatable bonds is 5. The molecule has 1 aliphatic rings. The summed E-state index contributed by atoms with van der Waals surface area (Å²) in [5.41, 5.74) is 1.22. The zero-order valence-corrected chi connectivity index (χ0v) is 17.8. The van der Waals surface area contributed by atoms with Crippen molar-refractivity contribution >= 4 is 22.3 Å². The topological polar surface area (TPSA) is 31.4 Å². The van der Waals surface area contributed by atoms with Gasteiger partial charge in [0.25, 0.3) is 0 Å². The van der Waals surface area contributed by atoms with E-state index in [4.69, 9.17) is 0 Å². The molecule has 0 radical (unpaired) electrons. The van der Waals surface area contributed by atoms with Crippen molar-refractivity contribution < 1.29 is 13.2 Å². The predicted molar refractivity (Wildman–Crippen MR) is 119 cm³/mol. The minimum atomic E-state index is -4.42. The van der Waals surface area contributed by atoms with Crippen LogP contribution in [0.2, 0.25) is 0 Å². The van der Waals surface area contributed by atoms with Crippen LogP contribution in [0.4, 0.5) is 24.7 Å². The first kappa shape index (κ1) is 21.6. The zero-order valence-electron chi connectivity index (χ0n) is 17.8. The highest BCUT2D eigenvalue weighted by molar-refractivity contribution is 5.93. The third kappa shape index (κ3) is 4.99. The van der Waals surface area contributed by atoms with E-state index < -0.39 is 11.7 Å². The molecule has 2 aromatic carbocycles. The van der Waals surface area contributed by atoms with E-state index in [0.29, 0.717) is 23.6 Å². The number of hydrogen-bond donors (Lipinski definition) is 1. The largest absolute Gasteiger partial charge is 0.416 e. The molecule has 0 saturated carbocycles. The zero-order chi connectivity index (χ0) is 22.0. The van der Waals surface area contributed by atoms with Gasteiger partial charge < -0.3 is 10.2 Å². The van der Waals surface area contributed by atoms with Crippen LogP contribution in [0.1, 0.15) is 23.6 Å². The summed E-state index contributed by atoms with van der Waals surface area (Å²) in [7, 11) is 0. The van der Waals surface area contributed by atoms with E-state index in [9.17, 15) is 13.2 Å². The summed E-state index contributed by atoms with van der Waals surface area (Å²) < 4.78 is 41.6. The molecule has 2 heterocycles. The number of aryl methyl sites for hydroxylation is 1. The quantitative estimate of drug-likeness (QED) is 0.586. The lowest BCUT2D eigenvalue weighted by Crippen LogP contribution is -2.45. The fraction of sp³-hybridized carbons (Fsp3) is 0.375. The van der Waals surface area contributed by atoms with Gasteiger partial charge in [-0.1, -0.05) is 36.8 Å². The number of fused-ring (bicyclic) bond motifs is 1. The lowest BCUT2D eigenvalue weighted by molar-refractivity contribution is -0.138. The average Bonchev–Trinajstić information content (AvgIpc) is 2.74. The minimum absolute atomic E-state index is 0.304. The Morgan fingerprint density at radius 2 is 1.71 bits per heavy atom. The number of hydrogen-bond acceptors (Lipinski definition) is 4. The van der Waals surface area contributed by atoms with Crippen LogP contribution in [0.3, 0.4) is 0 Å². The molecule has 7 heteroatoms. The van der Waals surface area contributed by atoms with E-state index in [1.165, 1.54) is 6.07 Å². The Hall–Kier alpha value is -2.64. The third-order valence-corrected chi connectivity index (χ3v) is 5.90. The van der Waals surface area contributed by atoms with Crippen molar-refractivity contribution in [1.29, 1.82) is 0 Å². The summed E-state index contributed by atoms with van der Waals surface area (Å²) in [6.07, 6.45) is -2.75. The van der Waals surface area contributed by atoms with Crippen LogP contribution < -0.4 is 5.32 Å². The maximum absolute atomic E-state index is 13.9. The van der Waals surface area contributed by atoms with Gasteiger partial charge in [0.15, 0.2) is 0 Å². The van der Waals surface area contributed by atoms with Gasteiger partial charge in [-0.2, -0.15) is 13.2 Å². The normalized spacial score (nSPS) is 16.0. The van der Waals surface area contributed by atoms with E-state index in [0.717, 1.165) is 49.1 Å². The Bertz CT molecular complexity index is 1060. The number of nitrogens with one attached hydrogen (secondary N) is 1. The maximum atomic E-state index is 13.9. The van der Waals surface area contributed by atoms with Crippen molar-refractivity contribution in [3.63, 3.8) is 0 Å². The molecule has 1 fully saturated rings. The molecule has 0 aliphatic carbocycles. The first-order valence-corrected chi connectivity index (χ1v) is 10.6. The molecule has 0 unspecified atom stereocenters. The summed E-state index contributed by atoms with van der Waals surface area (Å²) in [6.45, 7) is 8.74. The Balaban J connectivity index is 1.59. The van der Waals surface area contributed by atoms with E-state index >= 15 is 0 Å². The summed E-state index contributed by atoms with van der Waals surface area (Å²) in [4.78, 5) is 8.76. The SMILES string of the molecule is CCN1CCN(Cc2ccc(Nc3nccc4cc(C)ccc34)cc2C(F)(F)F)CC1. The van der Waals surface area contributed by atoms with Gasteiger partial charge >= 0.3 is 6.18 Å². The van der Waals surface area contributed by atoms with Crippen molar-refractivity contribution in [3.05, 3.63) is 65.4 Å². The number of pyridine rings is 1. The number of benzene rings is 2. The van der Waals surface area contributed by atoms with Crippen molar-refractivity contribution in [2.45, 2.75) is 26.6 Å². The second kappa shape index (κ2) is 8.85. The van der Waals surface area contributed by atoms with Gasteiger partial charge in [0.2, 0.25) is 0 Å². The number of piperazine rings is 1. The molecule has 1 aliphatic heterocycles. The van der Waals surface area contributed by atoms with Crippen LogP contribution >= 0.6 is 0 Å². The molecule has 31 heavy (non-hydrogen) atoms. The monoisotopic (exact) mass is 428 g/mol. The van der Waals surface area contributed by atoms with Gasteiger partial charge in [-0.3, -0.25) is 4.90 Å². The highest BCUT2D eigenvalue weighted by atomic mass is 19.4. The molecule has 4 nitrogen and oxygen atoms in total. The van der Waals surface area contributed by atoms with Gasteiger partial charge in [0.05, 0.1) is 5.56 Å². The molecule has 164 valence electrons. The molecule has 0 amide bonds. The van der Waals surface area contributed by atoms with Crippen LogP contribution in [0.15, 0.2) is 48.7 Å². The van der Waals surface area contributed by atoms with E-state index in [-0.39, 0.29) is 0 Å². The van der Waals surface area contributed by atoms with Crippen LogP contribution in [0.5, 0.6) is 0 Å². The summed E-state index contributed by atoms with van der Waals surface area (Å²) in [5, 5.41) is 4.96. The third-order valence-electron chi connectivity index (χ3n) is 5.90. The first-order chi connectivity index (χ1) is 14.8. The Morgan fingerprint density at radius 1 is 0.968 bits per heavy atom. The van der Waals surface area contributed by atoms with Gasteiger partial charge in [-0.25, -0.2) is 4.98 Å². The maximum Gasteiger partial charge on any atom is 0.416 e. The number of halogens is 3. The molecule has 0 atom stereocenters. The minimum Gasteiger partial charge on any atom is -0.340 e. The summed E-state index contributed by atoms with van der Waals surface area (Å²) >= 11 is 0. The number of anilines is 2. The van der Waals surface area contributed by atoms with Crippen LogP contribution in [-0.4, -0.2) is 47.5 Å². The number of alkyl halides is 3. The first-order valence-electron chi connectivity index (χ1n) is 10.6. The van der Waals surface area contributed by atoms with Crippen LogP contribution in [0, 0.1) is 6.92 Å². The Morgan fingerprint density at radius 3 is 2.42 bits per heavy atom. The Kier molecular flexibility index (Phi) is 6.16. The predicted octanol–water partition coefficient (Wildman–Crippen LogP) is 5.44. The number of nitrogens with zero attached hydrogens (tertiary/aromatic N) is 3. The van der Waals surface area contributed by atoms with Gasteiger partial charge in [0, 0.05) is 50.0 Å². The van der Waals surface area contributed by atoms with Gasteiger partial charge in [0.1, 0.15) is 5.82 Å². The van der Waals surface area contributed by atoms with E-state index in [2.05, 4.69) is 27.0 Å². The standard InChI is InChI=1S/C24H27F3N4/c1-3-30-10-12-31(13-11-30)16-19-5-6-20(15-22(19)24(25,26)27)29-23-21-7-4-17(2)14-18(21)8-9-28-23/h4-9,14-15H,3,10-13,16H2,1-2H3,(H,28,29). The summed E-state index contributed by atoms with van der Waals surface area (Å²) in [6, 6.07) is 12.3. The van der Waals surface area contributed by atoms with Gasteiger partial charge in [-0.15, -0.1) is 0 Å². The second-order valence-electron chi connectivity index (χ2n) is 8.09. The highest BCUT2D eigenvalue weighted by Crippen LogP contribution is 2.35. The van der Waals surface area contributed by atoms with Crippen LogP contribution in [-0.2, 0) is 12.7 Å². The molecule has 1 saturated heterocycles. The lowest BCUT2D eigenvalue weighted by Gasteiger charge is -2.34. The fourth-order valence-corrected chi connectivity index (χ4v) is 4.09. The average molecular weight is 429 g/mol. The molecule has 4 rings (SSSR count). The molecule has 3 aromatic rings. The summed E-state index contributed by atoms with van der Waals surface area (Å²) in [5.74, 6) is 0.550. The van der Waals surface area contributed by atoms with E-state index in [1.807, 2.05) is 31.2 Å². The van der Waals surface area contributed by atoms with Crippen molar-refractivity contribution in [1.82, 2.24) is 14.8 Å². The number of likely N-dealkylation sites (N-methyl/N-ethyl adjacent to an activating group) is 1. The smallest absolute Gasteiger partial charge is 0.340 e. The van der Waals surface area contributed by atoms with Crippen molar-refractivity contribution in [3.8, 4) is 0 Å². The molecular weight excluding hydrogens is 401 g/mol. The van der Waals surface area contributed by atoms with Crippen LogP contribution in [0.25, 0.3) is 10.8 Å². The highest BCUT2D eigenvalue weighted by Gasteiger charge is 2.34. The fourth-order valence-electron chi connectivity index (χ4n) is 4.09. The van der Waals surface area contributed by atoms with E-state index in [1.54, 1.807) is 18.3 Å². The lowest BCUT2D eigenvalue weighted by atomic mass is 10.0. The molecule has 1 aromatic heterocycles. The molecular formula is C24H27F3N4. The number of aromatic nitrogens is 1. The van der Waals surface area contributed by atoms with Crippen molar-refractivity contribution in [2.75, 3.05) is 38.0 Å².